The number of anilines is 1. The molecule has 0 radical (unpaired) electrons. The number of rotatable bonds is 3. The molecule has 7 heteroatoms. The van der Waals surface area contributed by atoms with Crippen LogP contribution < -0.4 is 10.1 Å². The lowest BCUT2D eigenvalue weighted by Crippen LogP contribution is -2.44. The lowest BCUT2D eigenvalue weighted by Gasteiger charge is -2.37. The smallest absolute Gasteiger partial charge is 0.322 e. The van der Waals surface area contributed by atoms with E-state index in [-0.39, 0.29) is 6.03 Å². The number of nitrogens with zero attached hydrogens (tertiary/aromatic N) is 2. The van der Waals surface area contributed by atoms with E-state index < -0.39 is 17.7 Å². The Morgan fingerprint density at radius 3 is 2.71 bits per heavy atom. The molecule has 1 N–H and O–H groups in total. The average Bonchev–Trinajstić information content (AvgIpc) is 3.18. The lowest BCUT2D eigenvalue weighted by molar-refractivity contribution is 0.181. The van der Waals surface area contributed by atoms with Crippen LogP contribution in [-0.2, 0) is 6.54 Å². The molecule has 1 aliphatic heterocycles. The molecule has 0 saturated carbocycles. The molecule has 0 fully saturated rings. The summed E-state index contributed by atoms with van der Waals surface area (Å²) in [4.78, 5) is 14.7. The third kappa shape index (κ3) is 3.31. The maximum atomic E-state index is 13.9. The van der Waals surface area contributed by atoms with E-state index >= 15 is 0 Å². The molecule has 0 spiro atoms. The van der Waals surface area contributed by atoms with E-state index in [1.165, 1.54) is 6.07 Å². The van der Waals surface area contributed by atoms with Crippen LogP contribution in [0.3, 0.4) is 0 Å². The van der Waals surface area contributed by atoms with E-state index in [0.717, 1.165) is 17.8 Å². The fraction of sp³-hybridized carbons (Fsp3) is 0.190. The number of aromatic nitrogens is 1. The van der Waals surface area contributed by atoms with Crippen molar-refractivity contribution in [2.45, 2.75) is 12.6 Å². The van der Waals surface area contributed by atoms with Gasteiger partial charge in [-0.15, -0.1) is 0 Å². The molecule has 2 aromatic carbocycles. The maximum absolute atomic E-state index is 13.9. The first-order chi connectivity index (χ1) is 13.6. The third-order valence-electron chi connectivity index (χ3n) is 4.88. The van der Waals surface area contributed by atoms with Crippen LogP contribution in [0.15, 0.2) is 60.8 Å². The van der Waals surface area contributed by atoms with E-state index in [1.807, 2.05) is 22.9 Å². The Kier molecular flexibility index (Phi) is 4.73. The first kappa shape index (κ1) is 18.0. The Labute approximate surface area is 161 Å². The van der Waals surface area contributed by atoms with Crippen LogP contribution in [0.5, 0.6) is 5.75 Å². The van der Waals surface area contributed by atoms with Crippen molar-refractivity contribution in [3.05, 3.63) is 83.7 Å². The van der Waals surface area contributed by atoms with Gasteiger partial charge in [0.1, 0.15) is 5.75 Å². The van der Waals surface area contributed by atoms with Gasteiger partial charge in [-0.25, -0.2) is 13.6 Å². The standard InChI is InChI=1S/C21H19F2N3O2/c1-28-16-5-2-4-15(13-16)24-21(27)26-11-10-25-9-3-6-19(25)20(26)14-7-8-17(22)18(23)12-14/h2-9,12-13,20H,10-11H2,1H3,(H,24,27)/t20-/m0/s1. The first-order valence-electron chi connectivity index (χ1n) is 8.88. The quantitative estimate of drug-likeness (QED) is 0.728. The van der Waals surface area contributed by atoms with Crippen LogP contribution >= 0.6 is 0 Å². The number of methoxy groups -OCH3 is 1. The number of halogens is 2. The van der Waals surface area contributed by atoms with Gasteiger partial charge in [-0.3, -0.25) is 0 Å². The third-order valence-corrected chi connectivity index (χ3v) is 4.88. The molecule has 28 heavy (non-hydrogen) atoms. The summed E-state index contributed by atoms with van der Waals surface area (Å²) in [7, 11) is 1.55. The number of hydrogen-bond donors (Lipinski definition) is 1. The monoisotopic (exact) mass is 383 g/mol. The van der Waals surface area contributed by atoms with Crippen molar-refractivity contribution < 1.29 is 18.3 Å². The summed E-state index contributed by atoms with van der Waals surface area (Å²) < 4.78 is 34.5. The van der Waals surface area contributed by atoms with E-state index in [2.05, 4.69) is 5.32 Å². The van der Waals surface area contributed by atoms with Gasteiger partial charge in [-0.1, -0.05) is 12.1 Å². The molecule has 2 amide bonds. The molecule has 5 nitrogen and oxygen atoms in total. The fourth-order valence-corrected chi connectivity index (χ4v) is 3.53. The predicted molar refractivity (Wildman–Crippen MR) is 101 cm³/mol. The van der Waals surface area contributed by atoms with E-state index in [1.54, 1.807) is 36.3 Å². The zero-order valence-electron chi connectivity index (χ0n) is 15.2. The normalized spacial score (nSPS) is 15.8. The number of ether oxygens (including phenoxy) is 1. The second-order valence-electron chi connectivity index (χ2n) is 6.56. The Morgan fingerprint density at radius 2 is 1.93 bits per heavy atom. The summed E-state index contributed by atoms with van der Waals surface area (Å²) in [5, 5.41) is 2.86. The number of nitrogens with one attached hydrogen (secondary N) is 1. The number of fused-ring (bicyclic) bond motifs is 1. The minimum atomic E-state index is -0.936. The first-order valence-corrected chi connectivity index (χ1v) is 8.88. The molecule has 1 aromatic heterocycles. The zero-order valence-corrected chi connectivity index (χ0v) is 15.2. The summed E-state index contributed by atoms with van der Waals surface area (Å²) in [5.74, 6) is -1.22. The van der Waals surface area contributed by atoms with Crippen LogP contribution in [0.2, 0.25) is 0 Å². The number of amides is 2. The number of carbonyl (C=O) groups is 1. The highest BCUT2D eigenvalue weighted by atomic mass is 19.2. The number of hydrogen-bond acceptors (Lipinski definition) is 2. The van der Waals surface area contributed by atoms with Crippen LogP contribution in [-0.4, -0.2) is 29.2 Å². The average molecular weight is 383 g/mol. The molecule has 144 valence electrons. The SMILES string of the molecule is COc1cccc(NC(=O)N2CCn3cccc3[C@@H]2c2ccc(F)c(F)c2)c1. The van der Waals surface area contributed by atoms with Crippen LogP contribution in [0.1, 0.15) is 17.3 Å². The minimum Gasteiger partial charge on any atom is -0.497 e. The molecule has 0 bridgehead atoms. The molecule has 1 aliphatic rings. The summed E-state index contributed by atoms with van der Waals surface area (Å²) in [6.45, 7) is 1.05. The topological polar surface area (TPSA) is 46.5 Å². The number of urea groups is 1. The summed E-state index contributed by atoms with van der Waals surface area (Å²) in [5.41, 5.74) is 1.95. The lowest BCUT2D eigenvalue weighted by atomic mass is 10.00. The zero-order chi connectivity index (χ0) is 19.7. The Morgan fingerprint density at radius 1 is 1.07 bits per heavy atom. The van der Waals surface area contributed by atoms with Gasteiger partial charge in [0.2, 0.25) is 0 Å². The summed E-state index contributed by atoms with van der Waals surface area (Å²) in [6.07, 6.45) is 1.92. The highest BCUT2D eigenvalue weighted by molar-refractivity contribution is 5.90. The van der Waals surface area contributed by atoms with Gasteiger partial charge in [-0.2, -0.15) is 0 Å². The molecular formula is C21H19F2N3O2. The molecule has 2 heterocycles. The molecular weight excluding hydrogens is 364 g/mol. The second kappa shape index (κ2) is 7.34. The summed E-state index contributed by atoms with van der Waals surface area (Å²) in [6, 6.07) is 13.7. The van der Waals surface area contributed by atoms with Crippen molar-refractivity contribution in [3.63, 3.8) is 0 Å². The molecule has 1 atom stereocenters. The van der Waals surface area contributed by atoms with Gasteiger partial charge in [0.25, 0.3) is 0 Å². The number of benzene rings is 2. The Bertz CT molecular complexity index is 1020. The van der Waals surface area contributed by atoms with Crippen LogP contribution in [0, 0.1) is 11.6 Å². The van der Waals surface area contributed by atoms with E-state index in [0.29, 0.717) is 30.1 Å². The fourth-order valence-electron chi connectivity index (χ4n) is 3.53. The van der Waals surface area contributed by atoms with Gasteiger partial charge in [0, 0.05) is 36.7 Å². The van der Waals surface area contributed by atoms with Crippen molar-refractivity contribution >= 4 is 11.7 Å². The van der Waals surface area contributed by atoms with Crippen molar-refractivity contribution in [2.24, 2.45) is 0 Å². The van der Waals surface area contributed by atoms with Gasteiger partial charge in [-0.05, 0) is 42.0 Å². The predicted octanol–water partition coefficient (Wildman–Crippen LogP) is 4.41. The highest BCUT2D eigenvalue weighted by Crippen LogP contribution is 2.33. The van der Waals surface area contributed by atoms with Gasteiger partial charge < -0.3 is 19.5 Å². The van der Waals surface area contributed by atoms with Gasteiger partial charge in [0.05, 0.1) is 13.2 Å². The van der Waals surface area contributed by atoms with Crippen molar-refractivity contribution in [3.8, 4) is 5.75 Å². The highest BCUT2D eigenvalue weighted by Gasteiger charge is 2.32. The largest absolute Gasteiger partial charge is 0.497 e. The molecule has 0 saturated heterocycles. The molecule has 4 rings (SSSR count). The van der Waals surface area contributed by atoms with Crippen molar-refractivity contribution in [1.29, 1.82) is 0 Å². The van der Waals surface area contributed by atoms with Gasteiger partial charge in [0.15, 0.2) is 11.6 Å². The van der Waals surface area contributed by atoms with Gasteiger partial charge >= 0.3 is 6.03 Å². The minimum absolute atomic E-state index is 0.324. The molecule has 0 unspecified atom stereocenters. The number of carbonyl (C=O) groups excluding carboxylic acids is 1. The Balaban J connectivity index is 1.68. The maximum Gasteiger partial charge on any atom is 0.322 e. The van der Waals surface area contributed by atoms with E-state index in [9.17, 15) is 13.6 Å². The molecule has 3 aromatic rings. The second-order valence-corrected chi connectivity index (χ2v) is 6.56. The molecule has 0 aliphatic carbocycles. The van der Waals surface area contributed by atoms with Crippen LogP contribution in [0.25, 0.3) is 0 Å². The van der Waals surface area contributed by atoms with Crippen molar-refractivity contribution in [2.75, 3.05) is 19.0 Å². The summed E-state index contributed by atoms with van der Waals surface area (Å²) >= 11 is 0. The van der Waals surface area contributed by atoms with E-state index in [4.69, 9.17) is 4.74 Å². The Hall–Kier alpha value is -3.35. The van der Waals surface area contributed by atoms with Crippen molar-refractivity contribution in [1.82, 2.24) is 9.47 Å². The van der Waals surface area contributed by atoms with Crippen LogP contribution in [0.4, 0.5) is 19.3 Å².